The molecule has 0 aliphatic carbocycles. The predicted octanol–water partition coefficient (Wildman–Crippen LogP) is 6.89. The van der Waals surface area contributed by atoms with Crippen LogP contribution in [0.5, 0.6) is 0 Å². The Hall–Kier alpha value is -4.78. The second-order valence-corrected chi connectivity index (χ2v) is 14.3. The molecule has 2 aromatic heterocycles. The number of pyridine rings is 2. The summed E-state index contributed by atoms with van der Waals surface area (Å²) in [6.45, 7) is -0.0806. The summed E-state index contributed by atoms with van der Waals surface area (Å²) in [4.78, 5) is 4.39. The molecule has 1 saturated heterocycles. The molecule has 0 radical (unpaired) electrons. The number of hydrogen-bond donors (Lipinski definition) is 2. The van der Waals surface area contributed by atoms with E-state index in [0.717, 1.165) is 26.8 Å². The van der Waals surface area contributed by atoms with Crippen molar-refractivity contribution in [3.63, 3.8) is 0 Å². The van der Waals surface area contributed by atoms with E-state index in [2.05, 4.69) is 9.71 Å². The van der Waals surface area contributed by atoms with E-state index in [1.165, 1.54) is 24.0 Å². The summed E-state index contributed by atoms with van der Waals surface area (Å²) in [6, 6.07) is 38.5. The van der Waals surface area contributed by atoms with E-state index in [1.54, 1.807) is 48.7 Å². The van der Waals surface area contributed by atoms with E-state index in [1.807, 2.05) is 78.9 Å². The number of fused-ring (bicyclic) bond motifs is 1. The van der Waals surface area contributed by atoms with Crippen molar-refractivity contribution in [3.05, 3.63) is 167 Å². The number of benzene rings is 4. The van der Waals surface area contributed by atoms with Gasteiger partial charge < -0.3 is 19.8 Å². The van der Waals surface area contributed by atoms with Gasteiger partial charge >= 0.3 is 0 Å². The van der Waals surface area contributed by atoms with E-state index >= 15 is 0 Å². The summed E-state index contributed by atoms with van der Waals surface area (Å²) in [5.41, 5.74) is 4.03. The minimum absolute atomic E-state index is 0.0758. The highest BCUT2D eigenvalue weighted by Gasteiger charge is 2.42. The van der Waals surface area contributed by atoms with Gasteiger partial charge in [0.05, 0.1) is 24.3 Å². The van der Waals surface area contributed by atoms with Gasteiger partial charge in [-0.2, -0.15) is 4.73 Å². The molecular formula is C38H33N3O6S2. The maximum atomic E-state index is 13.6. The Kier molecular flexibility index (Phi) is 9.61. The van der Waals surface area contributed by atoms with Crippen molar-refractivity contribution in [2.75, 3.05) is 10.5 Å². The zero-order chi connectivity index (χ0) is 33.8. The number of anilines is 1. The minimum Gasteiger partial charge on any atom is -0.618 e. The summed E-state index contributed by atoms with van der Waals surface area (Å²) >= 11 is 1.40. The summed E-state index contributed by atoms with van der Waals surface area (Å²) in [7, 11) is -4.00. The number of nitrogens with zero attached hydrogens (tertiary/aromatic N) is 2. The Morgan fingerprint density at radius 2 is 1.57 bits per heavy atom. The highest BCUT2D eigenvalue weighted by Crippen LogP contribution is 2.48. The smallest absolute Gasteiger partial charge is 0.264 e. The molecule has 1 unspecified atom stereocenters. The van der Waals surface area contributed by atoms with Crippen LogP contribution in [-0.4, -0.2) is 30.4 Å². The van der Waals surface area contributed by atoms with Gasteiger partial charge in [0.25, 0.3) is 15.0 Å². The molecule has 0 spiro atoms. The maximum Gasteiger partial charge on any atom is 0.264 e. The SMILES string of the molecule is O=S(=O)(Nc1cccc(C2O[C@H](CSc3cccc[n+]3[O-])[C@@H](c3ccccc3)[C@H](c3ccc(CO)cc3)O2)c1)c1cccc2cccnc12. The lowest BCUT2D eigenvalue weighted by molar-refractivity contribution is -0.645. The number of sulfonamides is 1. The first-order valence-corrected chi connectivity index (χ1v) is 18.2. The van der Waals surface area contributed by atoms with Crippen LogP contribution >= 0.6 is 11.8 Å². The fourth-order valence-electron chi connectivity index (χ4n) is 6.10. The highest BCUT2D eigenvalue weighted by atomic mass is 32.2. The lowest BCUT2D eigenvalue weighted by Crippen LogP contribution is -2.39. The van der Waals surface area contributed by atoms with Crippen molar-refractivity contribution in [3.8, 4) is 0 Å². The summed E-state index contributed by atoms with van der Waals surface area (Å²) in [6.07, 6.45) is 1.27. The average Bonchev–Trinajstić information content (AvgIpc) is 3.14. The molecule has 6 aromatic rings. The molecule has 49 heavy (non-hydrogen) atoms. The van der Waals surface area contributed by atoms with E-state index in [4.69, 9.17) is 9.47 Å². The number of hydrogen-bond acceptors (Lipinski definition) is 8. The number of aliphatic hydroxyl groups excluding tert-OH is 1. The number of thioether (sulfide) groups is 1. The zero-order valence-corrected chi connectivity index (χ0v) is 27.8. The molecule has 0 saturated carbocycles. The molecule has 2 N–H and O–H groups in total. The Morgan fingerprint density at radius 3 is 2.37 bits per heavy atom. The molecular weight excluding hydrogens is 659 g/mol. The number of para-hydroxylation sites is 1. The minimum atomic E-state index is -4.00. The van der Waals surface area contributed by atoms with Crippen molar-refractivity contribution in [2.24, 2.45) is 0 Å². The lowest BCUT2D eigenvalue weighted by Gasteiger charge is -2.43. The second kappa shape index (κ2) is 14.4. The van der Waals surface area contributed by atoms with Crippen LogP contribution in [0.1, 0.15) is 40.6 Å². The van der Waals surface area contributed by atoms with Crippen LogP contribution in [0.3, 0.4) is 0 Å². The molecule has 248 valence electrons. The predicted molar refractivity (Wildman–Crippen MR) is 188 cm³/mol. The summed E-state index contributed by atoms with van der Waals surface area (Å²) in [5, 5.41) is 23.5. The number of aromatic nitrogens is 2. The van der Waals surface area contributed by atoms with Gasteiger partial charge in [0.15, 0.2) is 12.5 Å². The fraction of sp³-hybridized carbons (Fsp3) is 0.158. The summed E-state index contributed by atoms with van der Waals surface area (Å²) < 4.78 is 44.3. The highest BCUT2D eigenvalue weighted by molar-refractivity contribution is 7.99. The van der Waals surface area contributed by atoms with Crippen molar-refractivity contribution in [1.82, 2.24) is 4.98 Å². The first-order valence-electron chi connectivity index (χ1n) is 15.7. The van der Waals surface area contributed by atoms with Crippen LogP contribution in [0.4, 0.5) is 5.69 Å². The number of rotatable bonds is 10. The first kappa shape index (κ1) is 32.8. The normalized spacial score (nSPS) is 19.4. The monoisotopic (exact) mass is 691 g/mol. The zero-order valence-electron chi connectivity index (χ0n) is 26.2. The lowest BCUT2D eigenvalue weighted by atomic mass is 9.84. The van der Waals surface area contributed by atoms with Crippen molar-refractivity contribution in [2.45, 2.75) is 40.9 Å². The molecule has 4 aromatic carbocycles. The van der Waals surface area contributed by atoms with Gasteiger partial charge in [-0.25, -0.2) is 8.42 Å². The molecule has 0 amide bonds. The van der Waals surface area contributed by atoms with E-state index < -0.39 is 28.5 Å². The molecule has 11 heteroatoms. The molecule has 1 aliphatic rings. The third kappa shape index (κ3) is 7.17. The number of aliphatic hydroxyl groups is 1. The molecule has 3 heterocycles. The maximum absolute atomic E-state index is 13.6. The molecule has 4 atom stereocenters. The van der Waals surface area contributed by atoms with Crippen molar-refractivity contribution in [1.29, 1.82) is 0 Å². The van der Waals surface area contributed by atoms with Crippen LogP contribution < -0.4 is 9.45 Å². The topological polar surface area (TPSA) is 125 Å². The first-order chi connectivity index (χ1) is 23.9. The van der Waals surface area contributed by atoms with Crippen LogP contribution in [-0.2, 0) is 26.1 Å². The Balaban J connectivity index is 1.24. The summed E-state index contributed by atoms with van der Waals surface area (Å²) in [5.74, 6) is 0.186. The average molecular weight is 692 g/mol. The number of ether oxygens (including phenoxy) is 2. The Morgan fingerprint density at radius 1 is 0.816 bits per heavy atom. The third-order valence-corrected chi connectivity index (χ3v) is 11.0. The van der Waals surface area contributed by atoms with Gasteiger partial charge in [0, 0.05) is 46.6 Å². The standard InChI is InChI=1S/C38H33N3O6S2/c42-24-26-17-19-29(20-18-26)37-35(27-9-2-1-3-10-27)32(25-48-34-16-4-5-22-41(34)43)46-38(47-37)30-12-6-14-31(23-30)40-49(44,45)33-15-7-11-28-13-8-21-39-36(28)33/h1-23,32,35,37-38,40,42H,24-25H2/t32-,35-,37+,38?/m1/s1. The van der Waals surface area contributed by atoms with E-state index in [9.17, 15) is 18.7 Å². The van der Waals surface area contributed by atoms with Crippen LogP contribution in [0, 0.1) is 5.21 Å². The van der Waals surface area contributed by atoms with Gasteiger partial charge in [-0.3, -0.25) is 9.71 Å². The van der Waals surface area contributed by atoms with Gasteiger partial charge in [-0.1, -0.05) is 96.7 Å². The fourth-order valence-corrected chi connectivity index (χ4v) is 8.31. The molecule has 0 bridgehead atoms. The van der Waals surface area contributed by atoms with Crippen molar-refractivity contribution < 1.29 is 27.7 Å². The quantitative estimate of drug-likeness (QED) is 0.0904. The van der Waals surface area contributed by atoms with Crippen molar-refractivity contribution >= 4 is 38.4 Å². The van der Waals surface area contributed by atoms with Crippen LogP contribution in [0.2, 0.25) is 0 Å². The van der Waals surface area contributed by atoms with Gasteiger partial charge in [-0.15, -0.1) is 0 Å². The second-order valence-electron chi connectivity index (χ2n) is 11.6. The molecule has 7 rings (SSSR count). The largest absolute Gasteiger partial charge is 0.618 e. The van der Waals surface area contributed by atoms with Gasteiger partial charge in [0.1, 0.15) is 4.90 Å². The van der Waals surface area contributed by atoms with E-state index in [0.29, 0.717) is 27.5 Å². The molecule has 1 aliphatic heterocycles. The van der Waals surface area contributed by atoms with Gasteiger partial charge in [-0.05, 0) is 47.0 Å². The number of nitrogens with one attached hydrogen (secondary N) is 1. The van der Waals surface area contributed by atoms with Crippen LogP contribution in [0.15, 0.2) is 150 Å². The van der Waals surface area contributed by atoms with Gasteiger partial charge in [0.2, 0.25) is 0 Å². The Bertz CT molecular complexity index is 2160. The Labute approximate surface area is 288 Å². The molecule has 9 nitrogen and oxygen atoms in total. The molecule has 1 fully saturated rings. The third-order valence-electron chi connectivity index (χ3n) is 8.45. The van der Waals surface area contributed by atoms with E-state index in [-0.39, 0.29) is 17.4 Å². The van der Waals surface area contributed by atoms with Crippen LogP contribution in [0.25, 0.3) is 10.9 Å².